The van der Waals surface area contributed by atoms with Crippen LogP contribution in [0.5, 0.6) is 0 Å². The second-order valence-electron chi connectivity index (χ2n) is 6.44. The lowest BCUT2D eigenvalue weighted by Crippen LogP contribution is -2.42. The van der Waals surface area contributed by atoms with Crippen LogP contribution in [-0.2, 0) is 9.53 Å². The van der Waals surface area contributed by atoms with Crippen LogP contribution in [0.2, 0.25) is 0 Å². The maximum atomic E-state index is 12.1. The molecule has 2 fully saturated rings. The summed E-state index contributed by atoms with van der Waals surface area (Å²) in [6.45, 7) is 9.60. The lowest BCUT2D eigenvalue weighted by Gasteiger charge is -2.12. The summed E-state index contributed by atoms with van der Waals surface area (Å²) in [6, 6.07) is 0.193. The number of nitrogens with one attached hydrogen (secondary N) is 2. The summed E-state index contributed by atoms with van der Waals surface area (Å²) in [5.74, 6) is 0.119. The SMILES string of the molecule is COC1CNC(C(=O)NC2C(C)(C)C2(C)C)C1. The largest absolute Gasteiger partial charge is 0.380 e. The van der Waals surface area contributed by atoms with Gasteiger partial charge in [-0.05, 0) is 17.3 Å². The lowest BCUT2D eigenvalue weighted by molar-refractivity contribution is -0.123. The molecule has 2 atom stereocenters. The normalized spacial score (nSPS) is 34.6. The predicted octanol–water partition coefficient (Wildman–Crippen LogP) is 0.914. The van der Waals surface area contributed by atoms with Gasteiger partial charge in [0.05, 0.1) is 12.1 Å². The quantitative estimate of drug-likeness (QED) is 0.771. The van der Waals surface area contributed by atoms with Crippen LogP contribution in [-0.4, -0.2) is 37.7 Å². The van der Waals surface area contributed by atoms with Gasteiger partial charge in [-0.2, -0.15) is 0 Å². The first-order valence-electron chi connectivity index (χ1n) is 6.37. The van der Waals surface area contributed by atoms with Crippen LogP contribution in [0.15, 0.2) is 0 Å². The maximum absolute atomic E-state index is 12.1. The van der Waals surface area contributed by atoms with E-state index in [-0.39, 0.29) is 34.9 Å². The lowest BCUT2D eigenvalue weighted by atomic mass is 10.0. The van der Waals surface area contributed by atoms with Gasteiger partial charge in [-0.1, -0.05) is 27.7 Å². The highest BCUT2D eigenvalue weighted by molar-refractivity contribution is 5.83. The molecule has 2 unspecified atom stereocenters. The third kappa shape index (κ3) is 1.97. The van der Waals surface area contributed by atoms with Gasteiger partial charge in [-0.15, -0.1) is 0 Å². The Morgan fingerprint density at radius 3 is 2.29 bits per heavy atom. The third-order valence-corrected chi connectivity index (χ3v) is 5.05. The summed E-state index contributed by atoms with van der Waals surface area (Å²) in [6.07, 6.45) is 0.946. The summed E-state index contributed by atoms with van der Waals surface area (Å²) in [7, 11) is 1.69. The number of hydrogen-bond acceptors (Lipinski definition) is 3. The molecule has 0 aromatic heterocycles. The molecule has 4 heteroatoms. The van der Waals surface area contributed by atoms with Crippen LogP contribution in [0, 0.1) is 10.8 Å². The zero-order valence-corrected chi connectivity index (χ0v) is 11.5. The standard InChI is InChI=1S/C13H24N2O2/c1-12(2)11(13(12,3)4)15-10(16)9-6-8(17-5)7-14-9/h8-9,11,14H,6-7H2,1-5H3,(H,15,16). The van der Waals surface area contributed by atoms with E-state index in [1.807, 2.05) is 0 Å². The molecule has 1 amide bonds. The molecule has 4 nitrogen and oxygen atoms in total. The molecule has 0 spiro atoms. The van der Waals surface area contributed by atoms with E-state index in [9.17, 15) is 4.79 Å². The Balaban J connectivity index is 1.88. The molecule has 0 aromatic rings. The number of ether oxygens (including phenoxy) is 1. The molecule has 17 heavy (non-hydrogen) atoms. The number of rotatable bonds is 3. The van der Waals surface area contributed by atoms with Crippen LogP contribution in [0.4, 0.5) is 0 Å². The molecule has 1 heterocycles. The highest BCUT2D eigenvalue weighted by Crippen LogP contribution is 2.62. The van der Waals surface area contributed by atoms with Gasteiger partial charge < -0.3 is 15.4 Å². The van der Waals surface area contributed by atoms with Crippen molar-refractivity contribution in [3.05, 3.63) is 0 Å². The molecule has 0 radical (unpaired) electrons. The van der Waals surface area contributed by atoms with Crippen molar-refractivity contribution < 1.29 is 9.53 Å². The van der Waals surface area contributed by atoms with Crippen molar-refractivity contribution in [3.8, 4) is 0 Å². The van der Waals surface area contributed by atoms with Crippen molar-refractivity contribution in [1.29, 1.82) is 0 Å². The monoisotopic (exact) mass is 240 g/mol. The van der Waals surface area contributed by atoms with E-state index in [1.54, 1.807) is 7.11 Å². The molecule has 1 aliphatic carbocycles. The maximum Gasteiger partial charge on any atom is 0.237 e. The highest BCUT2D eigenvalue weighted by Gasteiger charge is 2.65. The molecule has 2 N–H and O–H groups in total. The first kappa shape index (κ1) is 12.8. The smallest absolute Gasteiger partial charge is 0.237 e. The summed E-state index contributed by atoms with van der Waals surface area (Å²) in [5.41, 5.74) is 0.393. The Morgan fingerprint density at radius 2 is 1.88 bits per heavy atom. The van der Waals surface area contributed by atoms with Crippen molar-refractivity contribution >= 4 is 5.91 Å². The average molecular weight is 240 g/mol. The van der Waals surface area contributed by atoms with Gasteiger partial charge in [0.25, 0.3) is 0 Å². The van der Waals surface area contributed by atoms with E-state index < -0.39 is 0 Å². The zero-order chi connectivity index (χ0) is 12.8. The molecule has 0 aromatic carbocycles. The van der Waals surface area contributed by atoms with Crippen molar-refractivity contribution in [3.63, 3.8) is 0 Å². The van der Waals surface area contributed by atoms with Crippen LogP contribution in [0.25, 0.3) is 0 Å². The third-order valence-electron chi connectivity index (χ3n) is 5.05. The molecule has 1 saturated carbocycles. The molecular weight excluding hydrogens is 216 g/mol. The van der Waals surface area contributed by atoms with E-state index in [2.05, 4.69) is 38.3 Å². The molecule has 0 bridgehead atoms. The van der Waals surface area contributed by atoms with Crippen molar-refractivity contribution in [2.75, 3.05) is 13.7 Å². The predicted molar refractivity (Wildman–Crippen MR) is 66.7 cm³/mol. The Labute approximate surface area is 103 Å². The first-order chi connectivity index (χ1) is 7.80. The van der Waals surface area contributed by atoms with Gasteiger partial charge in [0.2, 0.25) is 5.91 Å². The van der Waals surface area contributed by atoms with Crippen LogP contribution in [0.3, 0.4) is 0 Å². The number of carbonyl (C=O) groups is 1. The second kappa shape index (κ2) is 3.95. The summed E-state index contributed by atoms with van der Waals surface area (Å²) < 4.78 is 5.25. The zero-order valence-electron chi connectivity index (χ0n) is 11.5. The van der Waals surface area contributed by atoms with Gasteiger partial charge in [0, 0.05) is 19.7 Å². The van der Waals surface area contributed by atoms with Crippen molar-refractivity contribution in [2.24, 2.45) is 10.8 Å². The van der Waals surface area contributed by atoms with E-state index in [4.69, 9.17) is 4.74 Å². The Kier molecular flexibility index (Phi) is 2.99. The minimum absolute atomic E-state index is 0.0906. The molecule has 2 rings (SSSR count). The van der Waals surface area contributed by atoms with E-state index >= 15 is 0 Å². The number of methoxy groups -OCH3 is 1. The van der Waals surface area contributed by atoms with Crippen molar-refractivity contribution in [2.45, 2.75) is 52.3 Å². The van der Waals surface area contributed by atoms with Gasteiger partial charge in [-0.3, -0.25) is 4.79 Å². The fraction of sp³-hybridized carbons (Fsp3) is 0.923. The number of amides is 1. The summed E-state index contributed by atoms with van der Waals surface area (Å²) in [5, 5.41) is 6.37. The number of carbonyl (C=O) groups excluding carboxylic acids is 1. The molecular formula is C13H24N2O2. The fourth-order valence-electron chi connectivity index (χ4n) is 2.88. The Morgan fingerprint density at radius 1 is 1.29 bits per heavy atom. The average Bonchev–Trinajstić information content (AvgIpc) is 2.65. The molecule has 2 aliphatic rings. The fourth-order valence-corrected chi connectivity index (χ4v) is 2.88. The van der Waals surface area contributed by atoms with Gasteiger partial charge >= 0.3 is 0 Å². The Bertz CT molecular complexity index is 311. The number of hydrogen-bond donors (Lipinski definition) is 2. The van der Waals surface area contributed by atoms with Crippen LogP contribution >= 0.6 is 0 Å². The highest BCUT2D eigenvalue weighted by atomic mass is 16.5. The van der Waals surface area contributed by atoms with Gasteiger partial charge in [-0.25, -0.2) is 0 Å². The first-order valence-corrected chi connectivity index (χ1v) is 6.37. The molecule has 1 saturated heterocycles. The molecule has 1 aliphatic heterocycles. The van der Waals surface area contributed by atoms with E-state index in [0.717, 1.165) is 13.0 Å². The minimum atomic E-state index is -0.0906. The van der Waals surface area contributed by atoms with Crippen LogP contribution < -0.4 is 10.6 Å². The second-order valence-corrected chi connectivity index (χ2v) is 6.44. The van der Waals surface area contributed by atoms with E-state index in [1.165, 1.54) is 0 Å². The van der Waals surface area contributed by atoms with Gasteiger partial charge in [0.1, 0.15) is 0 Å². The van der Waals surface area contributed by atoms with Gasteiger partial charge in [0.15, 0.2) is 0 Å². The topological polar surface area (TPSA) is 50.4 Å². The molecule has 98 valence electrons. The minimum Gasteiger partial charge on any atom is -0.380 e. The van der Waals surface area contributed by atoms with E-state index in [0.29, 0.717) is 0 Å². The van der Waals surface area contributed by atoms with Crippen molar-refractivity contribution in [1.82, 2.24) is 10.6 Å². The summed E-state index contributed by atoms with van der Waals surface area (Å²) in [4.78, 5) is 12.1. The van der Waals surface area contributed by atoms with Crippen LogP contribution in [0.1, 0.15) is 34.1 Å². The summed E-state index contributed by atoms with van der Waals surface area (Å²) >= 11 is 0. The Hall–Kier alpha value is -0.610.